The Hall–Kier alpha value is -4.58. The number of carbonyl (C=O) groups excluding carboxylic acids is 2. The minimum Gasteiger partial charge on any atom is -0.513 e. The summed E-state index contributed by atoms with van der Waals surface area (Å²) in [5, 5.41) is 20.0. The van der Waals surface area contributed by atoms with Gasteiger partial charge in [0.2, 0.25) is 0 Å². The van der Waals surface area contributed by atoms with Crippen molar-refractivity contribution in [1.29, 1.82) is 0 Å². The van der Waals surface area contributed by atoms with Gasteiger partial charge < -0.3 is 10.2 Å². The summed E-state index contributed by atoms with van der Waals surface area (Å²) in [4.78, 5) is 22.1. The van der Waals surface area contributed by atoms with Crippen molar-refractivity contribution in [3.8, 4) is 28.0 Å². The number of aromatic hydroxyl groups is 1. The quantitative estimate of drug-likeness (QED) is 0.110. The van der Waals surface area contributed by atoms with Crippen molar-refractivity contribution in [2.24, 2.45) is 5.92 Å². The van der Waals surface area contributed by atoms with Crippen molar-refractivity contribution < 1.29 is 28.6 Å². The minimum atomic E-state index is -0.496. The van der Waals surface area contributed by atoms with Gasteiger partial charge in [-0.3, -0.25) is 9.69 Å². The van der Waals surface area contributed by atoms with Crippen molar-refractivity contribution >= 4 is 11.7 Å². The lowest BCUT2D eigenvalue weighted by atomic mass is 9.94. The van der Waals surface area contributed by atoms with Crippen LogP contribution in [0.2, 0.25) is 0 Å². The van der Waals surface area contributed by atoms with Crippen LogP contribution in [0, 0.1) is 31.4 Å². The van der Waals surface area contributed by atoms with Crippen molar-refractivity contribution in [2.45, 2.75) is 103 Å². The number of benzene rings is 3. The first-order chi connectivity index (χ1) is 24.6. The van der Waals surface area contributed by atoms with E-state index in [9.17, 15) is 19.8 Å². The molecule has 1 atom stereocenters. The molecule has 0 aromatic heterocycles. The summed E-state index contributed by atoms with van der Waals surface area (Å²) in [5.74, 6) is 1.14. The van der Waals surface area contributed by atoms with Gasteiger partial charge in [0, 0.05) is 52.4 Å². The average molecular weight is 720 g/mol. The number of carbonyl (C=O) groups is 1. The molecular formula is C45H63F2NO4. The molecule has 0 amide bonds. The number of rotatable bonds is 7. The monoisotopic (exact) mass is 719 g/mol. The summed E-state index contributed by atoms with van der Waals surface area (Å²) in [5.41, 5.74) is 5.68. The number of para-hydroxylation sites is 1. The molecule has 5 nitrogen and oxygen atoms in total. The van der Waals surface area contributed by atoms with Crippen LogP contribution in [-0.2, 0) is 16.1 Å². The van der Waals surface area contributed by atoms with E-state index in [2.05, 4.69) is 18.1 Å². The molecule has 4 rings (SSSR count). The Kier molecular flexibility index (Phi) is 25.0. The third kappa shape index (κ3) is 15.3. The van der Waals surface area contributed by atoms with Crippen LogP contribution in [0.3, 0.4) is 0 Å². The maximum atomic E-state index is 15.5. The number of phenolic OH excluding ortho intramolecular Hbond substituents is 1. The van der Waals surface area contributed by atoms with Gasteiger partial charge in [-0.25, -0.2) is 13.6 Å². The second-order valence-corrected chi connectivity index (χ2v) is 11.7. The average Bonchev–Trinajstić information content (AvgIpc) is 3.60. The van der Waals surface area contributed by atoms with Gasteiger partial charge in [-0.05, 0) is 89.8 Å². The smallest absolute Gasteiger partial charge is 0.159 e. The van der Waals surface area contributed by atoms with Gasteiger partial charge in [0.1, 0.15) is 23.3 Å². The van der Waals surface area contributed by atoms with Gasteiger partial charge in [-0.2, -0.15) is 0 Å². The van der Waals surface area contributed by atoms with Crippen molar-refractivity contribution in [2.75, 3.05) is 13.1 Å². The van der Waals surface area contributed by atoms with Crippen LogP contribution in [0.25, 0.3) is 22.3 Å². The standard InChI is InChI=1S/C27H27F2NO2.C8H12O.C4H6O.3C2H6/c1-16-6-4-9-23(27(16)32)22-8-5-7-21(26(22)29)20-12-17(2)24(25(28)13-20)15-30-11-10-19(14-30)18(3)31;1-5-8(6(2)3)7(4)9;1-4(2)3-5;3*1-2/h4-9,12-13,19,31-32H,3,10-11,14-15H2,1-2H3;5H,2H2,1,3-4H3;1-2H3;3*1-2H3/b;8-5-;;;;/t19-;;;;;/m1...../s1. The maximum Gasteiger partial charge on any atom is 0.159 e. The number of nitrogens with zero attached hydrogens (tertiary/aromatic N) is 1. The minimum absolute atomic E-state index is 0.0208. The molecule has 0 bridgehead atoms. The summed E-state index contributed by atoms with van der Waals surface area (Å²) in [7, 11) is 0. The molecule has 286 valence electrons. The van der Waals surface area contributed by atoms with E-state index in [1.54, 1.807) is 82.2 Å². The first kappa shape index (κ1) is 49.5. The van der Waals surface area contributed by atoms with Gasteiger partial charge in [-0.1, -0.05) is 103 Å². The molecule has 1 heterocycles. The first-order valence-corrected chi connectivity index (χ1v) is 18.1. The fraction of sp³-hybridized carbons (Fsp3) is 0.400. The molecule has 1 aliphatic heterocycles. The second kappa shape index (κ2) is 26.2. The number of aliphatic hydroxyl groups is 1. The first-order valence-electron chi connectivity index (χ1n) is 18.1. The van der Waals surface area contributed by atoms with E-state index < -0.39 is 5.82 Å². The molecule has 0 unspecified atom stereocenters. The van der Waals surface area contributed by atoms with Crippen LogP contribution in [-0.4, -0.2) is 39.9 Å². The topological polar surface area (TPSA) is 77.8 Å². The van der Waals surface area contributed by atoms with Crippen LogP contribution in [0.15, 0.2) is 90.2 Å². The van der Waals surface area contributed by atoms with Crippen LogP contribution in [0.1, 0.15) is 99.3 Å². The highest BCUT2D eigenvalue weighted by Gasteiger charge is 2.26. The predicted molar refractivity (Wildman–Crippen MR) is 217 cm³/mol. The van der Waals surface area contributed by atoms with E-state index in [1.807, 2.05) is 62.3 Å². The van der Waals surface area contributed by atoms with Crippen molar-refractivity contribution in [1.82, 2.24) is 4.90 Å². The van der Waals surface area contributed by atoms with Crippen LogP contribution >= 0.6 is 0 Å². The summed E-state index contributed by atoms with van der Waals surface area (Å²) >= 11 is 0. The molecule has 0 saturated carbocycles. The lowest BCUT2D eigenvalue weighted by Gasteiger charge is -2.19. The van der Waals surface area contributed by atoms with E-state index in [1.165, 1.54) is 6.07 Å². The van der Waals surface area contributed by atoms with Crippen LogP contribution in [0.4, 0.5) is 8.78 Å². The molecule has 52 heavy (non-hydrogen) atoms. The Morgan fingerprint density at radius 3 is 1.85 bits per heavy atom. The van der Waals surface area contributed by atoms with Crippen molar-refractivity contribution in [3.63, 3.8) is 0 Å². The highest BCUT2D eigenvalue weighted by atomic mass is 19.1. The number of allylic oxidation sites excluding steroid dienone is 4. The number of likely N-dealkylation sites (tertiary alicyclic amines) is 1. The van der Waals surface area contributed by atoms with Crippen molar-refractivity contribution in [3.05, 3.63) is 119 Å². The van der Waals surface area contributed by atoms with E-state index in [0.717, 1.165) is 29.7 Å². The largest absolute Gasteiger partial charge is 0.513 e. The summed E-state index contributed by atoms with van der Waals surface area (Å²) in [6.07, 6.45) is 2.59. The Bertz CT molecular complexity index is 1640. The summed E-state index contributed by atoms with van der Waals surface area (Å²) in [6.45, 7) is 33.3. The lowest BCUT2D eigenvalue weighted by molar-refractivity contribution is -0.113. The lowest BCUT2D eigenvalue weighted by Crippen LogP contribution is -2.21. The molecule has 0 spiro atoms. The molecule has 2 N–H and O–H groups in total. The highest BCUT2D eigenvalue weighted by Crippen LogP contribution is 2.37. The molecule has 0 radical (unpaired) electrons. The van der Waals surface area contributed by atoms with Crippen LogP contribution < -0.4 is 0 Å². The number of aliphatic hydroxyl groups excluding tert-OH is 1. The zero-order chi connectivity index (χ0) is 40.7. The van der Waals surface area contributed by atoms with E-state index >= 15 is 8.78 Å². The Labute approximate surface area is 313 Å². The molecule has 1 fully saturated rings. The van der Waals surface area contributed by atoms with Gasteiger partial charge >= 0.3 is 0 Å². The fourth-order valence-corrected chi connectivity index (χ4v) is 5.19. The Morgan fingerprint density at radius 2 is 1.42 bits per heavy atom. The van der Waals surface area contributed by atoms with E-state index in [-0.39, 0.29) is 40.2 Å². The van der Waals surface area contributed by atoms with E-state index in [0.29, 0.717) is 40.9 Å². The fourth-order valence-electron chi connectivity index (χ4n) is 5.19. The number of hydrogen-bond donors (Lipinski definition) is 2. The third-order valence-electron chi connectivity index (χ3n) is 7.71. The summed E-state index contributed by atoms with van der Waals surface area (Å²) in [6, 6.07) is 13.3. The van der Waals surface area contributed by atoms with Gasteiger partial charge in [0.25, 0.3) is 0 Å². The molecule has 7 heteroatoms. The normalized spacial score (nSPS) is 13.0. The maximum absolute atomic E-state index is 15.5. The Morgan fingerprint density at radius 1 is 0.904 bits per heavy atom. The number of ketones is 1. The zero-order valence-electron chi connectivity index (χ0n) is 33.9. The molecular weight excluding hydrogens is 656 g/mol. The zero-order valence-corrected chi connectivity index (χ0v) is 33.9. The summed E-state index contributed by atoms with van der Waals surface area (Å²) < 4.78 is 30.6. The number of halogens is 2. The van der Waals surface area contributed by atoms with Gasteiger partial charge in [0.05, 0.1) is 5.76 Å². The van der Waals surface area contributed by atoms with Gasteiger partial charge in [-0.15, -0.1) is 0 Å². The molecule has 3 aromatic rings. The highest BCUT2D eigenvalue weighted by molar-refractivity contribution is 5.97. The second-order valence-electron chi connectivity index (χ2n) is 11.7. The predicted octanol–water partition coefficient (Wildman–Crippen LogP) is 12.5. The number of phenols is 1. The molecule has 1 saturated heterocycles. The number of Topliss-reactive ketones (excluding diaryl/α,β-unsaturated/α-hetero) is 1. The number of aryl methyl sites for hydroxylation is 2. The van der Waals surface area contributed by atoms with Gasteiger partial charge in [0.15, 0.2) is 5.78 Å². The number of hydrogen-bond acceptors (Lipinski definition) is 5. The molecule has 0 aliphatic carbocycles. The van der Waals surface area contributed by atoms with Crippen LogP contribution in [0.5, 0.6) is 5.75 Å². The Balaban J connectivity index is 0. The molecule has 3 aromatic carbocycles. The third-order valence-corrected chi connectivity index (χ3v) is 7.71. The molecule has 1 aliphatic rings. The van der Waals surface area contributed by atoms with E-state index in [4.69, 9.17) is 0 Å². The SMILES string of the molecule is C=C(C)/C(=C/C)C(C)=O.C=C(O)[C@@H]1CCN(Cc2c(C)cc(-c3cccc(-c4cccc(C)c4O)c3F)cc2F)C1.CC.CC.CC.CC(C)=C=O.